The van der Waals surface area contributed by atoms with E-state index in [0.717, 1.165) is 11.1 Å². The SMILES string of the molecule is O=C1C=CC(=O)N1CCC1(c2ccccc2)OC1c1ccccc1. The number of hydrogen-bond donors (Lipinski definition) is 0. The van der Waals surface area contributed by atoms with Gasteiger partial charge in [0, 0.05) is 25.1 Å². The van der Waals surface area contributed by atoms with Gasteiger partial charge in [-0.1, -0.05) is 60.7 Å². The Morgan fingerprint density at radius 2 is 1.46 bits per heavy atom. The van der Waals surface area contributed by atoms with Gasteiger partial charge >= 0.3 is 0 Å². The summed E-state index contributed by atoms with van der Waals surface area (Å²) in [6.07, 6.45) is 3.16. The highest BCUT2D eigenvalue weighted by molar-refractivity contribution is 6.12. The smallest absolute Gasteiger partial charge is 0.253 e. The van der Waals surface area contributed by atoms with Gasteiger partial charge in [0.25, 0.3) is 11.8 Å². The molecule has 0 spiro atoms. The van der Waals surface area contributed by atoms with Crippen LogP contribution in [0.15, 0.2) is 72.8 Å². The van der Waals surface area contributed by atoms with E-state index in [9.17, 15) is 9.59 Å². The lowest BCUT2D eigenvalue weighted by atomic mass is 9.89. The van der Waals surface area contributed by atoms with Gasteiger partial charge < -0.3 is 4.74 Å². The lowest BCUT2D eigenvalue weighted by Gasteiger charge is -2.18. The van der Waals surface area contributed by atoms with Gasteiger partial charge in [0.15, 0.2) is 0 Å². The molecule has 0 saturated carbocycles. The third-order valence-electron chi connectivity index (χ3n) is 4.67. The second-order valence-corrected chi connectivity index (χ2v) is 6.08. The lowest BCUT2D eigenvalue weighted by molar-refractivity contribution is -0.137. The maximum absolute atomic E-state index is 11.8. The average Bonchev–Trinajstić information content (AvgIpc) is 3.29. The van der Waals surface area contributed by atoms with Crippen molar-refractivity contribution in [2.75, 3.05) is 6.54 Å². The topological polar surface area (TPSA) is 49.9 Å². The summed E-state index contributed by atoms with van der Waals surface area (Å²) >= 11 is 0. The minimum absolute atomic E-state index is 0.0538. The fraction of sp³-hybridized carbons (Fsp3) is 0.200. The van der Waals surface area contributed by atoms with Crippen LogP contribution in [0.5, 0.6) is 0 Å². The first-order valence-corrected chi connectivity index (χ1v) is 8.02. The number of nitrogens with zero attached hydrogens (tertiary/aromatic N) is 1. The van der Waals surface area contributed by atoms with Gasteiger partial charge in [-0.05, 0) is 11.1 Å². The van der Waals surface area contributed by atoms with Crippen LogP contribution < -0.4 is 0 Å². The molecule has 2 unspecified atom stereocenters. The van der Waals surface area contributed by atoms with E-state index in [1.807, 2.05) is 60.7 Å². The van der Waals surface area contributed by atoms with E-state index in [1.54, 1.807) is 0 Å². The van der Waals surface area contributed by atoms with Crippen molar-refractivity contribution in [2.24, 2.45) is 0 Å². The van der Waals surface area contributed by atoms with Crippen LogP contribution >= 0.6 is 0 Å². The molecule has 1 saturated heterocycles. The van der Waals surface area contributed by atoms with E-state index in [0.29, 0.717) is 13.0 Å². The predicted octanol–water partition coefficient (Wildman–Crippen LogP) is 2.97. The van der Waals surface area contributed by atoms with Crippen molar-refractivity contribution in [2.45, 2.75) is 18.1 Å². The highest BCUT2D eigenvalue weighted by atomic mass is 16.6. The van der Waals surface area contributed by atoms with Gasteiger partial charge in [-0.15, -0.1) is 0 Å². The number of rotatable bonds is 5. The van der Waals surface area contributed by atoms with Crippen LogP contribution in [-0.2, 0) is 19.9 Å². The first kappa shape index (κ1) is 14.8. The van der Waals surface area contributed by atoms with Crippen LogP contribution in [0, 0.1) is 0 Å². The molecular formula is C20H17NO3. The molecule has 1 fully saturated rings. The summed E-state index contributed by atoms with van der Waals surface area (Å²) in [6, 6.07) is 20.0. The van der Waals surface area contributed by atoms with Crippen molar-refractivity contribution < 1.29 is 14.3 Å². The Bertz CT molecular complexity index is 782. The molecule has 0 aliphatic carbocycles. The number of carbonyl (C=O) groups is 2. The fourth-order valence-electron chi connectivity index (χ4n) is 3.34. The minimum Gasteiger partial charge on any atom is -0.356 e. The van der Waals surface area contributed by atoms with Crippen molar-refractivity contribution in [3.05, 3.63) is 83.9 Å². The fourth-order valence-corrected chi connectivity index (χ4v) is 3.34. The minimum atomic E-state index is -0.480. The average molecular weight is 319 g/mol. The Morgan fingerprint density at radius 3 is 2.08 bits per heavy atom. The summed E-state index contributed by atoms with van der Waals surface area (Å²) in [4.78, 5) is 24.8. The molecule has 4 rings (SSSR count). The quantitative estimate of drug-likeness (QED) is 0.629. The highest BCUT2D eigenvalue weighted by Gasteiger charge is 2.58. The Labute approximate surface area is 140 Å². The second-order valence-electron chi connectivity index (χ2n) is 6.08. The summed E-state index contributed by atoms with van der Waals surface area (Å²) in [5.41, 5.74) is 1.70. The molecule has 0 N–H and O–H groups in total. The molecule has 24 heavy (non-hydrogen) atoms. The van der Waals surface area contributed by atoms with Crippen LogP contribution in [0.3, 0.4) is 0 Å². The molecule has 120 valence electrons. The van der Waals surface area contributed by atoms with Crippen LogP contribution in [-0.4, -0.2) is 23.3 Å². The van der Waals surface area contributed by atoms with E-state index in [2.05, 4.69) is 0 Å². The molecular weight excluding hydrogens is 302 g/mol. The summed E-state index contributed by atoms with van der Waals surface area (Å²) in [5, 5.41) is 0. The third kappa shape index (κ3) is 2.45. The number of ether oxygens (including phenoxy) is 1. The first-order chi connectivity index (χ1) is 11.7. The Morgan fingerprint density at radius 1 is 0.875 bits per heavy atom. The number of benzene rings is 2. The number of amides is 2. The maximum Gasteiger partial charge on any atom is 0.253 e. The van der Waals surface area contributed by atoms with Gasteiger partial charge in [-0.3, -0.25) is 14.5 Å². The monoisotopic (exact) mass is 319 g/mol. The van der Waals surface area contributed by atoms with Gasteiger partial charge in [0.1, 0.15) is 11.7 Å². The Kier molecular flexibility index (Phi) is 3.54. The molecule has 4 heteroatoms. The standard InChI is InChI=1S/C20H17NO3/c22-17-11-12-18(23)21(17)14-13-20(16-9-5-2-6-10-16)19(24-20)15-7-3-1-4-8-15/h1-12,19H,13-14H2. The number of imide groups is 1. The zero-order valence-electron chi connectivity index (χ0n) is 13.1. The van der Waals surface area contributed by atoms with Crippen LogP contribution in [0.2, 0.25) is 0 Å². The van der Waals surface area contributed by atoms with E-state index >= 15 is 0 Å². The number of epoxide rings is 1. The summed E-state index contributed by atoms with van der Waals surface area (Å²) in [7, 11) is 0. The Hall–Kier alpha value is -2.72. The zero-order valence-corrected chi connectivity index (χ0v) is 13.1. The molecule has 0 bridgehead atoms. The normalized spacial score (nSPS) is 25.3. The molecule has 0 radical (unpaired) electrons. The molecule has 2 amide bonds. The lowest BCUT2D eigenvalue weighted by Crippen LogP contribution is -2.33. The molecule has 2 atom stereocenters. The van der Waals surface area contributed by atoms with Gasteiger partial charge in [-0.2, -0.15) is 0 Å². The van der Waals surface area contributed by atoms with Crippen molar-refractivity contribution in [3.63, 3.8) is 0 Å². The summed E-state index contributed by atoms with van der Waals surface area (Å²) in [5.74, 6) is -0.500. The van der Waals surface area contributed by atoms with E-state index in [-0.39, 0.29) is 17.9 Å². The molecule has 2 aliphatic rings. The molecule has 2 aromatic rings. The summed E-state index contributed by atoms with van der Waals surface area (Å²) < 4.78 is 6.14. The van der Waals surface area contributed by atoms with E-state index in [4.69, 9.17) is 4.74 Å². The van der Waals surface area contributed by atoms with Crippen LogP contribution in [0.25, 0.3) is 0 Å². The second kappa shape index (κ2) is 5.73. The van der Waals surface area contributed by atoms with Crippen molar-refractivity contribution in [1.82, 2.24) is 4.90 Å². The molecule has 2 aromatic carbocycles. The predicted molar refractivity (Wildman–Crippen MR) is 88.9 cm³/mol. The van der Waals surface area contributed by atoms with Crippen LogP contribution in [0.1, 0.15) is 23.7 Å². The van der Waals surface area contributed by atoms with Crippen LogP contribution in [0.4, 0.5) is 0 Å². The van der Waals surface area contributed by atoms with Crippen molar-refractivity contribution in [1.29, 1.82) is 0 Å². The first-order valence-electron chi connectivity index (χ1n) is 8.02. The Balaban J connectivity index is 1.59. The van der Waals surface area contributed by atoms with Gasteiger partial charge in [0.05, 0.1) is 0 Å². The molecule has 0 aromatic heterocycles. The van der Waals surface area contributed by atoms with Gasteiger partial charge in [0.2, 0.25) is 0 Å². The molecule has 2 heterocycles. The summed E-state index contributed by atoms with van der Waals surface area (Å²) in [6.45, 7) is 0.350. The van der Waals surface area contributed by atoms with E-state index in [1.165, 1.54) is 17.1 Å². The van der Waals surface area contributed by atoms with Crippen molar-refractivity contribution >= 4 is 11.8 Å². The van der Waals surface area contributed by atoms with Crippen molar-refractivity contribution in [3.8, 4) is 0 Å². The van der Waals surface area contributed by atoms with Gasteiger partial charge in [-0.25, -0.2) is 0 Å². The largest absolute Gasteiger partial charge is 0.356 e. The molecule has 4 nitrogen and oxygen atoms in total. The maximum atomic E-state index is 11.8. The third-order valence-corrected chi connectivity index (χ3v) is 4.67. The van der Waals surface area contributed by atoms with E-state index < -0.39 is 5.60 Å². The zero-order chi connectivity index (χ0) is 16.6. The number of carbonyl (C=O) groups excluding carboxylic acids is 2. The highest BCUT2D eigenvalue weighted by Crippen LogP contribution is 2.59. The number of hydrogen-bond acceptors (Lipinski definition) is 3. The molecule has 2 aliphatic heterocycles.